The van der Waals surface area contributed by atoms with Gasteiger partial charge >= 0.3 is 5.97 Å². The van der Waals surface area contributed by atoms with Gasteiger partial charge < -0.3 is 20.3 Å². The maximum absolute atomic E-state index is 14.3. The van der Waals surface area contributed by atoms with Gasteiger partial charge in [-0.25, -0.2) is 0 Å². The Hall–Kier alpha value is -4.30. The van der Waals surface area contributed by atoms with Crippen molar-refractivity contribution >= 4 is 39.5 Å². The molecule has 0 radical (unpaired) electrons. The van der Waals surface area contributed by atoms with Crippen LogP contribution in [0, 0.1) is 5.92 Å². The zero-order valence-corrected chi connectivity index (χ0v) is 24.8. The number of pyridine rings is 1. The molecule has 220 valence electrons. The predicted molar refractivity (Wildman–Crippen MR) is 166 cm³/mol. The van der Waals surface area contributed by atoms with Gasteiger partial charge in [-0.1, -0.05) is 68.4 Å². The monoisotopic (exact) mass is 568 g/mol. The van der Waals surface area contributed by atoms with E-state index < -0.39 is 18.1 Å². The summed E-state index contributed by atoms with van der Waals surface area (Å²) < 4.78 is 4.88. The summed E-state index contributed by atoms with van der Waals surface area (Å²) in [6.45, 7) is 4.66. The van der Waals surface area contributed by atoms with Gasteiger partial charge in [-0.2, -0.15) is 0 Å². The molecular formula is C34H40N4O4. The van der Waals surface area contributed by atoms with E-state index in [1.807, 2.05) is 66.7 Å². The maximum Gasteiger partial charge on any atom is 0.307 e. The van der Waals surface area contributed by atoms with Crippen LogP contribution in [0.25, 0.3) is 21.7 Å². The van der Waals surface area contributed by atoms with E-state index in [0.29, 0.717) is 19.4 Å². The average molecular weight is 569 g/mol. The van der Waals surface area contributed by atoms with Crippen LogP contribution in [-0.4, -0.2) is 60.5 Å². The van der Waals surface area contributed by atoms with Gasteiger partial charge in [0.05, 0.1) is 25.1 Å². The van der Waals surface area contributed by atoms with Crippen molar-refractivity contribution < 1.29 is 19.1 Å². The third-order valence-corrected chi connectivity index (χ3v) is 7.46. The highest BCUT2D eigenvalue weighted by atomic mass is 16.5. The number of ether oxygens (including phenoxy) is 1. The quantitative estimate of drug-likeness (QED) is 0.228. The molecule has 2 N–H and O–H groups in total. The van der Waals surface area contributed by atoms with Crippen molar-refractivity contribution in [2.45, 2.75) is 51.7 Å². The lowest BCUT2D eigenvalue weighted by Gasteiger charge is -2.34. The van der Waals surface area contributed by atoms with Crippen molar-refractivity contribution in [2.24, 2.45) is 5.92 Å². The number of fused-ring (bicyclic) bond motifs is 2. The van der Waals surface area contributed by atoms with Gasteiger partial charge in [0, 0.05) is 38.1 Å². The number of rotatable bonds is 13. The second-order valence-corrected chi connectivity index (χ2v) is 11.0. The summed E-state index contributed by atoms with van der Waals surface area (Å²) in [6, 6.07) is 22.7. The van der Waals surface area contributed by atoms with Crippen LogP contribution in [0.2, 0.25) is 0 Å². The molecule has 0 saturated heterocycles. The molecule has 2 atom stereocenters. The summed E-state index contributed by atoms with van der Waals surface area (Å²) in [5.74, 6) is -0.725. The SMILES string of the molecule is CNC(=O)[C@H](Cc1ccc2ccccc2c1)N(CCC(=O)OC)C(=O)[C@H](CC(C)C)NCc1ccc2ncccc2c1. The van der Waals surface area contributed by atoms with Gasteiger partial charge in [-0.15, -0.1) is 0 Å². The van der Waals surface area contributed by atoms with Gasteiger partial charge in [0.15, 0.2) is 0 Å². The molecule has 8 nitrogen and oxygen atoms in total. The fraction of sp³-hybridized carbons (Fsp3) is 0.353. The predicted octanol–water partition coefficient (Wildman–Crippen LogP) is 4.64. The lowest BCUT2D eigenvalue weighted by Crippen LogP contribution is -2.56. The van der Waals surface area contributed by atoms with E-state index in [1.165, 1.54) is 7.11 Å². The molecule has 4 rings (SSSR count). The number of hydrogen-bond donors (Lipinski definition) is 2. The number of carbonyl (C=O) groups excluding carboxylic acids is 3. The van der Waals surface area contributed by atoms with Crippen molar-refractivity contribution in [3.63, 3.8) is 0 Å². The zero-order valence-electron chi connectivity index (χ0n) is 24.8. The first-order valence-electron chi connectivity index (χ1n) is 14.4. The molecule has 0 bridgehead atoms. The summed E-state index contributed by atoms with van der Waals surface area (Å²) in [6.07, 6.45) is 2.63. The molecule has 0 spiro atoms. The van der Waals surface area contributed by atoms with Crippen molar-refractivity contribution in [3.05, 3.63) is 90.1 Å². The van der Waals surface area contributed by atoms with Crippen LogP contribution in [0.15, 0.2) is 79.0 Å². The smallest absolute Gasteiger partial charge is 0.307 e. The molecule has 0 saturated carbocycles. The number of likely N-dealkylation sites (N-methyl/N-ethyl adjacent to an activating group) is 1. The molecule has 1 heterocycles. The minimum absolute atomic E-state index is 0.0144. The molecule has 3 aromatic carbocycles. The number of amides is 2. The number of esters is 1. The second kappa shape index (κ2) is 14.5. The fourth-order valence-electron chi connectivity index (χ4n) is 5.25. The van der Waals surface area contributed by atoms with Crippen LogP contribution in [0.4, 0.5) is 0 Å². The molecule has 0 unspecified atom stereocenters. The van der Waals surface area contributed by atoms with E-state index in [2.05, 4.69) is 35.5 Å². The standard InChI is InChI=1S/C34H40N4O4/c1-23(2)18-30(37-22-25-12-14-29-28(20-25)10-7-16-36-29)34(41)38(17-15-32(39)42-4)31(33(40)35-3)21-24-11-13-26-8-5-6-9-27(26)19-24/h5-14,16,19-20,23,30-31,37H,15,17-18,21-22H2,1-4H3,(H,35,40)/t30-,31-/m0/s1. The zero-order chi connectivity index (χ0) is 30.1. The summed E-state index contributed by atoms with van der Waals surface area (Å²) in [5.41, 5.74) is 2.86. The fourth-order valence-corrected chi connectivity index (χ4v) is 5.25. The normalized spacial score (nSPS) is 12.7. The highest BCUT2D eigenvalue weighted by Gasteiger charge is 2.34. The van der Waals surface area contributed by atoms with Gasteiger partial charge in [0.25, 0.3) is 0 Å². The Morgan fingerprint density at radius 3 is 2.36 bits per heavy atom. The summed E-state index contributed by atoms with van der Waals surface area (Å²) in [5, 5.41) is 9.38. The van der Waals surface area contributed by atoms with Crippen LogP contribution in [-0.2, 0) is 32.1 Å². The highest BCUT2D eigenvalue weighted by molar-refractivity contribution is 5.91. The summed E-state index contributed by atoms with van der Waals surface area (Å²) in [7, 11) is 2.89. The second-order valence-electron chi connectivity index (χ2n) is 11.0. The lowest BCUT2D eigenvalue weighted by atomic mass is 9.97. The van der Waals surface area contributed by atoms with Gasteiger partial charge in [0.1, 0.15) is 6.04 Å². The number of benzene rings is 3. The van der Waals surface area contributed by atoms with E-state index in [1.54, 1.807) is 18.1 Å². The Bertz CT molecular complexity index is 1540. The average Bonchev–Trinajstić information content (AvgIpc) is 3.01. The first-order chi connectivity index (χ1) is 20.3. The largest absolute Gasteiger partial charge is 0.469 e. The van der Waals surface area contributed by atoms with Crippen LogP contribution >= 0.6 is 0 Å². The molecule has 42 heavy (non-hydrogen) atoms. The third kappa shape index (κ3) is 7.91. The number of aromatic nitrogens is 1. The Morgan fingerprint density at radius 2 is 1.62 bits per heavy atom. The number of carbonyl (C=O) groups is 3. The maximum atomic E-state index is 14.3. The molecule has 0 aliphatic rings. The van der Waals surface area contributed by atoms with Gasteiger partial charge in [-0.3, -0.25) is 19.4 Å². The molecule has 1 aromatic heterocycles. The minimum Gasteiger partial charge on any atom is -0.469 e. The molecule has 2 amide bonds. The Balaban J connectivity index is 1.63. The Kier molecular flexibility index (Phi) is 10.6. The van der Waals surface area contributed by atoms with E-state index in [-0.39, 0.29) is 30.7 Å². The topological polar surface area (TPSA) is 101 Å². The van der Waals surface area contributed by atoms with Crippen molar-refractivity contribution in [2.75, 3.05) is 20.7 Å². The van der Waals surface area contributed by atoms with Crippen LogP contribution in [0.3, 0.4) is 0 Å². The van der Waals surface area contributed by atoms with Crippen molar-refractivity contribution in [1.82, 2.24) is 20.5 Å². The molecule has 4 aromatic rings. The number of hydrogen-bond acceptors (Lipinski definition) is 6. The van der Waals surface area contributed by atoms with Crippen molar-refractivity contribution in [3.8, 4) is 0 Å². The first-order valence-corrected chi connectivity index (χ1v) is 14.4. The number of nitrogens with zero attached hydrogens (tertiary/aromatic N) is 2. The highest BCUT2D eigenvalue weighted by Crippen LogP contribution is 2.21. The molecule has 8 heteroatoms. The summed E-state index contributed by atoms with van der Waals surface area (Å²) >= 11 is 0. The van der Waals surface area contributed by atoms with E-state index >= 15 is 0 Å². The van der Waals surface area contributed by atoms with Crippen LogP contribution < -0.4 is 10.6 Å². The number of nitrogens with one attached hydrogen (secondary N) is 2. The minimum atomic E-state index is -0.809. The molecular weight excluding hydrogens is 528 g/mol. The Labute approximate surface area is 247 Å². The van der Waals surface area contributed by atoms with E-state index in [4.69, 9.17) is 4.74 Å². The van der Waals surface area contributed by atoms with Crippen LogP contribution in [0.1, 0.15) is 37.8 Å². The third-order valence-electron chi connectivity index (χ3n) is 7.46. The molecule has 0 aliphatic heterocycles. The van der Waals surface area contributed by atoms with Gasteiger partial charge in [0.2, 0.25) is 11.8 Å². The van der Waals surface area contributed by atoms with E-state index in [9.17, 15) is 14.4 Å². The van der Waals surface area contributed by atoms with Crippen molar-refractivity contribution in [1.29, 1.82) is 0 Å². The van der Waals surface area contributed by atoms with Crippen LogP contribution in [0.5, 0.6) is 0 Å². The number of methoxy groups -OCH3 is 1. The lowest BCUT2D eigenvalue weighted by molar-refractivity contribution is -0.146. The first kappa shape index (κ1) is 30.7. The molecule has 0 aliphatic carbocycles. The summed E-state index contributed by atoms with van der Waals surface area (Å²) in [4.78, 5) is 45.8. The van der Waals surface area contributed by atoms with Gasteiger partial charge in [-0.05, 0) is 52.4 Å². The Morgan fingerprint density at radius 1 is 0.905 bits per heavy atom. The molecule has 0 fully saturated rings. The van der Waals surface area contributed by atoms with E-state index in [0.717, 1.165) is 32.8 Å².